The number of halogens is 3. The minimum atomic E-state index is -0.436. The zero-order chi connectivity index (χ0) is 11.7. The van der Waals surface area contributed by atoms with Gasteiger partial charge in [-0.1, -0.05) is 57.0 Å². The number of hydrogen-bond acceptors (Lipinski definition) is 0. The normalized spacial score (nSPS) is 8.00. The van der Waals surface area contributed by atoms with Gasteiger partial charge in [0.2, 0.25) is 0 Å². The third-order valence-electron chi connectivity index (χ3n) is 1.23. The van der Waals surface area contributed by atoms with Crippen LogP contribution in [0.5, 0.6) is 0 Å². The standard InChI is InChI=1S/C7H5Cl2F.2C2H6/c1-4-2-3-5(8)6(9)7(4)10;2*1-2/h2-3H,1H3;2*1-2H3. The van der Waals surface area contributed by atoms with Crippen molar-refractivity contribution >= 4 is 23.2 Å². The monoisotopic (exact) mass is 238 g/mol. The molecule has 0 bridgehead atoms. The van der Waals surface area contributed by atoms with Gasteiger partial charge in [-0.2, -0.15) is 0 Å². The van der Waals surface area contributed by atoms with E-state index in [-0.39, 0.29) is 10.0 Å². The fraction of sp³-hybridized carbons (Fsp3) is 0.455. The lowest BCUT2D eigenvalue weighted by atomic mass is 10.2. The van der Waals surface area contributed by atoms with Gasteiger partial charge in [0.15, 0.2) is 0 Å². The van der Waals surface area contributed by atoms with Crippen molar-refractivity contribution in [3.8, 4) is 0 Å². The van der Waals surface area contributed by atoms with Gasteiger partial charge < -0.3 is 0 Å². The molecule has 0 heterocycles. The summed E-state index contributed by atoms with van der Waals surface area (Å²) in [5.74, 6) is -0.436. The minimum absolute atomic E-state index is 0.00154. The maximum absolute atomic E-state index is 12.8. The lowest BCUT2D eigenvalue weighted by Gasteiger charge is -1.98. The van der Waals surface area contributed by atoms with Crippen LogP contribution < -0.4 is 0 Å². The van der Waals surface area contributed by atoms with Gasteiger partial charge in [-0.05, 0) is 18.6 Å². The summed E-state index contributed by atoms with van der Waals surface area (Å²) >= 11 is 11.0. The summed E-state index contributed by atoms with van der Waals surface area (Å²) in [5.41, 5.74) is 0.509. The van der Waals surface area contributed by atoms with Crippen LogP contribution in [0.3, 0.4) is 0 Å². The molecular weight excluding hydrogens is 222 g/mol. The Morgan fingerprint density at radius 3 is 1.79 bits per heavy atom. The van der Waals surface area contributed by atoms with E-state index in [1.807, 2.05) is 27.7 Å². The number of hydrogen-bond donors (Lipinski definition) is 0. The molecule has 0 aliphatic carbocycles. The van der Waals surface area contributed by atoms with Crippen LogP contribution in [-0.2, 0) is 0 Å². The number of aryl methyl sites for hydroxylation is 1. The Labute approximate surface area is 96.0 Å². The molecule has 0 aromatic heterocycles. The summed E-state index contributed by atoms with van der Waals surface area (Å²) in [6.45, 7) is 9.64. The smallest absolute Gasteiger partial charge is 0.146 e. The van der Waals surface area contributed by atoms with Crippen LogP contribution in [0.4, 0.5) is 4.39 Å². The SMILES string of the molecule is CC.CC.Cc1ccc(Cl)c(Cl)c1F. The maximum atomic E-state index is 12.8. The summed E-state index contributed by atoms with van der Waals surface area (Å²) in [6, 6.07) is 3.16. The lowest BCUT2D eigenvalue weighted by molar-refractivity contribution is 0.619. The summed E-state index contributed by atoms with van der Waals surface area (Å²) in [5, 5.41) is 0.256. The van der Waals surface area contributed by atoms with Crippen molar-refractivity contribution in [2.75, 3.05) is 0 Å². The molecule has 1 rings (SSSR count). The average Bonchev–Trinajstić information content (AvgIpc) is 2.26. The largest absolute Gasteiger partial charge is 0.205 e. The molecule has 0 spiro atoms. The molecule has 3 heteroatoms. The van der Waals surface area contributed by atoms with Crippen LogP contribution in [0.1, 0.15) is 33.3 Å². The van der Waals surface area contributed by atoms with Gasteiger partial charge in [0.25, 0.3) is 0 Å². The van der Waals surface area contributed by atoms with Crippen LogP contribution in [0.2, 0.25) is 10.0 Å². The topological polar surface area (TPSA) is 0 Å². The third kappa shape index (κ3) is 4.83. The molecule has 1 aromatic carbocycles. The molecule has 0 unspecified atom stereocenters. The van der Waals surface area contributed by atoms with Gasteiger partial charge in [-0.25, -0.2) is 4.39 Å². The first-order chi connectivity index (χ1) is 6.63. The van der Waals surface area contributed by atoms with E-state index >= 15 is 0 Å². The van der Waals surface area contributed by atoms with Crippen LogP contribution >= 0.6 is 23.2 Å². The van der Waals surface area contributed by atoms with Crippen LogP contribution in [0, 0.1) is 12.7 Å². The molecule has 1 aromatic rings. The number of benzene rings is 1. The molecule has 0 aliphatic heterocycles. The Morgan fingerprint density at radius 2 is 1.43 bits per heavy atom. The second-order valence-corrected chi connectivity index (χ2v) is 2.78. The fourth-order valence-electron chi connectivity index (χ4n) is 0.622. The maximum Gasteiger partial charge on any atom is 0.146 e. The second kappa shape index (κ2) is 9.29. The molecule has 82 valence electrons. The first-order valence-electron chi connectivity index (χ1n) is 4.73. The van der Waals surface area contributed by atoms with Crippen LogP contribution in [0.25, 0.3) is 0 Å². The predicted molar refractivity (Wildman–Crippen MR) is 63.9 cm³/mol. The average molecular weight is 239 g/mol. The van der Waals surface area contributed by atoms with E-state index in [1.54, 1.807) is 19.1 Å². The minimum Gasteiger partial charge on any atom is -0.205 e. The highest BCUT2D eigenvalue weighted by molar-refractivity contribution is 6.42. The number of rotatable bonds is 0. The molecule has 0 saturated heterocycles. The highest BCUT2D eigenvalue weighted by Gasteiger charge is 2.05. The van der Waals surface area contributed by atoms with Crippen molar-refractivity contribution in [1.82, 2.24) is 0 Å². The molecule has 0 fully saturated rings. The fourth-order valence-corrected chi connectivity index (χ4v) is 0.980. The summed E-state index contributed by atoms with van der Waals surface area (Å²) in [6.07, 6.45) is 0. The zero-order valence-corrected chi connectivity index (χ0v) is 10.8. The van der Waals surface area contributed by atoms with Gasteiger partial charge >= 0.3 is 0 Å². The molecule has 0 aliphatic rings. The van der Waals surface area contributed by atoms with Gasteiger partial charge in [-0.3, -0.25) is 0 Å². The van der Waals surface area contributed by atoms with Crippen molar-refractivity contribution in [1.29, 1.82) is 0 Å². The first kappa shape index (κ1) is 16.2. The molecule has 0 amide bonds. The molecule has 0 nitrogen and oxygen atoms in total. The molecular formula is C11H17Cl2F. The van der Waals surface area contributed by atoms with E-state index in [2.05, 4.69) is 0 Å². The molecule has 0 atom stereocenters. The van der Waals surface area contributed by atoms with E-state index in [4.69, 9.17) is 23.2 Å². The van der Waals surface area contributed by atoms with Gasteiger partial charge in [-0.15, -0.1) is 0 Å². The first-order valence-corrected chi connectivity index (χ1v) is 5.48. The highest BCUT2D eigenvalue weighted by Crippen LogP contribution is 2.26. The van der Waals surface area contributed by atoms with Crippen LogP contribution in [-0.4, -0.2) is 0 Å². The Morgan fingerprint density at radius 1 is 1.00 bits per heavy atom. The lowest BCUT2D eigenvalue weighted by Crippen LogP contribution is -1.82. The van der Waals surface area contributed by atoms with Crippen molar-refractivity contribution in [3.63, 3.8) is 0 Å². The van der Waals surface area contributed by atoms with E-state index in [0.717, 1.165) is 0 Å². The van der Waals surface area contributed by atoms with E-state index in [0.29, 0.717) is 5.56 Å². The molecule has 14 heavy (non-hydrogen) atoms. The Balaban J connectivity index is 0. The van der Waals surface area contributed by atoms with Gasteiger partial charge in [0, 0.05) is 0 Å². The van der Waals surface area contributed by atoms with E-state index < -0.39 is 5.82 Å². The van der Waals surface area contributed by atoms with Gasteiger partial charge in [0.05, 0.1) is 10.0 Å². The molecule has 0 N–H and O–H groups in total. The summed E-state index contributed by atoms with van der Waals surface area (Å²) in [7, 11) is 0. The van der Waals surface area contributed by atoms with Crippen molar-refractivity contribution in [2.24, 2.45) is 0 Å². The zero-order valence-electron chi connectivity index (χ0n) is 9.29. The molecule has 0 radical (unpaired) electrons. The Kier molecular flexibility index (Phi) is 10.7. The van der Waals surface area contributed by atoms with Crippen molar-refractivity contribution < 1.29 is 4.39 Å². The third-order valence-corrected chi connectivity index (χ3v) is 2.01. The predicted octanol–water partition coefficient (Wildman–Crippen LogP) is 5.49. The Hall–Kier alpha value is -0.270. The van der Waals surface area contributed by atoms with Crippen molar-refractivity contribution in [2.45, 2.75) is 34.6 Å². The van der Waals surface area contributed by atoms with E-state index in [9.17, 15) is 4.39 Å². The molecule has 0 saturated carbocycles. The summed E-state index contributed by atoms with van der Waals surface area (Å²) < 4.78 is 12.8. The quantitative estimate of drug-likeness (QED) is 0.525. The van der Waals surface area contributed by atoms with E-state index in [1.165, 1.54) is 0 Å². The van der Waals surface area contributed by atoms with Gasteiger partial charge in [0.1, 0.15) is 5.82 Å². The highest BCUT2D eigenvalue weighted by atomic mass is 35.5. The van der Waals surface area contributed by atoms with Crippen LogP contribution in [0.15, 0.2) is 12.1 Å². The summed E-state index contributed by atoms with van der Waals surface area (Å²) in [4.78, 5) is 0. The second-order valence-electron chi connectivity index (χ2n) is 1.99. The van der Waals surface area contributed by atoms with Crippen molar-refractivity contribution in [3.05, 3.63) is 33.6 Å². The Bertz CT molecular complexity index is 233.